The molecule has 0 spiro atoms. The van der Waals surface area contributed by atoms with E-state index in [0.29, 0.717) is 24.3 Å². The van der Waals surface area contributed by atoms with Gasteiger partial charge in [-0.2, -0.15) is 0 Å². The molecule has 144 valence electrons. The summed E-state index contributed by atoms with van der Waals surface area (Å²) in [6.45, 7) is 0. The van der Waals surface area contributed by atoms with Gasteiger partial charge >= 0.3 is 0 Å². The highest BCUT2D eigenvalue weighted by atomic mass is 16.5. The van der Waals surface area contributed by atoms with Crippen molar-refractivity contribution in [2.75, 3.05) is 26.2 Å². The molecule has 0 fully saturated rings. The summed E-state index contributed by atoms with van der Waals surface area (Å²) in [4.78, 5) is 14.6. The summed E-state index contributed by atoms with van der Waals surface area (Å²) in [7, 11) is 5.06. The Morgan fingerprint density at radius 3 is 2.25 bits per heavy atom. The molecular weight excluding hydrogens is 350 g/mol. The normalized spacial score (nSPS) is 10.4. The molecule has 1 amide bonds. The number of benzene rings is 3. The molecule has 0 saturated carbocycles. The summed E-state index contributed by atoms with van der Waals surface area (Å²) in [6.07, 6.45) is 1.05. The van der Waals surface area contributed by atoms with E-state index in [2.05, 4.69) is 12.1 Å². The fraction of sp³-hybridized carbons (Fsp3) is 0.208. The van der Waals surface area contributed by atoms with E-state index in [1.54, 1.807) is 19.1 Å². The Hall–Kier alpha value is -3.27. The molecule has 3 aromatic carbocycles. The quantitative estimate of drug-likeness (QED) is 0.585. The van der Waals surface area contributed by atoms with Crippen molar-refractivity contribution in [3.8, 4) is 22.6 Å². The molecule has 0 radical (unpaired) electrons. The Kier molecular flexibility index (Phi) is 6.33. The highest BCUT2D eigenvalue weighted by molar-refractivity contribution is 5.97. The topological polar surface area (TPSA) is 38.8 Å². The molecule has 3 rings (SSSR count). The van der Waals surface area contributed by atoms with Crippen LogP contribution in [0.2, 0.25) is 0 Å². The standard InChI is InChI=1S/C24H25NO3/c1-25(21-12-8-7-11-20(21)19-9-5-4-6-10-19)24(26)16-14-18-13-15-22(27-2)23(17-18)28-3/h4-13,15,17H,14,16H2,1-3H3. The minimum Gasteiger partial charge on any atom is -0.493 e. The highest BCUT2D eigenvalue weighted by Gasteiger charge is 2.15. The van der Waals surface area contributed by atoms with Gasteiger partial charge in [0.05, 0.1) is 19.9 Å². The van der Waals surface area contributed by atoms with Crippen LogP contribution in [0.5, 0.6) is 11.5 Å². The van der Waals surface area contributed by atoms with Gasteiger partial charge in [-0.15, -0.1) is 0 Å². The number of carbonyl (C=O) groups is 1. The molecule has 4 nitrogen and oxygen atoms in total. The molecular formula is C24H25NO3. The molecule has 4 heteroatoms. The summed E-state index contributed by atoms with van der Waals surface area (Å²) in [5.41, 5.74) is 4.09. The van der Waals surface area contributed by atoms with Crippen LogP contribution in [0.1, 0.15) is 12.0 Å². The molecule has 0 bridgehead atoms. The van der Waals surface area contributed by atoms with E-state index in [1.165, 1.54) is 0 Å². The van der Waals surface area contributed by atoms with Crippen LogP contribution in [0.15, 0.2) is 72.8 Å². The van der Waals surface area contributed by atoms with Crippen LogP contribution >= 0.6 is 0 Å². The number of hydrogen-bond acceptors (Lipinski definition) is 3. The van der Waals surface area contributed by atoms with Crippen LogP contribution < -0.4 is 14.4 Å². The van der Waals surface area contributed by atoms with Gasteiger partial charge in [0.25, 0.3) is 0 Å². The number of carbonyl (C=O) groups excluding carboxylic acids is 1. The van der Waals surface area contributed by atoms with E-state index in [0.717, 1.165) is 22.4 Å². The average Bonchev–Trinajstić information content (AvgIpc) is 2.77. The molecule has 28 heavy (non-hydrogen) atoms. The lowest BCUT2D eigenvalue weighted by Gasteiger charge is -2.21. The maximum Gasteiger partial charge on any atom is 0.227 e. The van der Waals surface area contributed by atoms with Crippen molar-refractivity contribution < 1.29 is 14.3 Å². The third-order valence-electron chi connectivity index (χ3n) is 4.80. The first-order valence-electron chi connectivity index (χ1n) is 9.26. The molecule has 0 atom stereocenters. The second-order valence-electron chi connectivity index (χ2n) is 6.53. The largest absolute Gasteiger partial charge is 0.493 e. The van der Waals surface area contributed by atoms with E-state index in [9.17, 15) is 4.79 Å². The van der Waals surface area contributed by atoms with E-state index < -0.39 is 0 Å². The van der Waals surface area contributed by atoms with Crippen LogP contribution in [0.3, 0.4) is 0 Å². The number of aryl methyl sites for hydroxylation is 1. The highest BCUT2D eigenvalue weighted by Crippen LogP contribution is 2.31. The first kappa shape index (κ1) is 19.5. The Balaban J connectivity index is 1.74. The van der Waals surface area contributed by atoms with Crippen molar-refractivity contribution in [1.29, 1.82) is 0 Å². The summed E-state index contributed by atoms with van der Waals surface area (Å²) >= 11 is 0. The molecule has 0 aliphatic rings. The average molecular weight is 375 g/mol. The van der Waals surface area contributed by atoms with E-state index in [1.807, 2.05) is 67.7 Å². The number of para-hydroxylation sites is 1. The van der Waals surface area contributed by atoms with Gasteiger partial charge in [-0.25, -0.2) is 0 Å². The van der Waals surface area contributed by atoms with Gasteiger partial charge in [-0.1, -0.05) is 54.6 Å². The molecule has 0 aliphatic carbocycles. The number of anilines is 1. The van der Waals surface area contributed by atoms with Crippen LogP contribution in [0, 0.1) is 0 Å². The van der Waals surface area contributed by atoms with Gasteiger partial charge in [-0.3, -0.25) is 4.79 Å². The Morgan fingerprint density at radius 1 is 0.857 bits per heavy atom. The van der Waals surface area contributed by atoms with Gasteiger partial charge in [0.1, 0.15) is 0 Å². The molecule has 0 aliphatic heterocycles. The second-order valence-corrected chi connectivity index (χ2v) is 6.53. The van der Waals surface area contributed by atoms with Gasteiger partial charge in [0.2, 0.25) is 5.91 Å². The molecule has 0 heterocycles. The summed E-state index contributed by atoms with van der Waals surface area (Å²) in [6, 6.07) is 23.8. The number of amides is 1. The first-order valence-corrected chi connectivity index (χ1v) is 9.26. The monoisotopic (exact) mass is 375 g/mol. The van der Waals surface area contributed by atoms with Crippen molar-refractivity contribution in [2.45, 2.75) is 12.8 Å². The number of rotatable bonds is 7. The minimum absolute atomic E-state index is 0.0677. The maximum absolute atomic E-state index is 12.8. The second kappa shape index (κ2) is 9.09. The molecule has 0 saturated heterocycles. The lowest BCUT2D eigenvalue weighted by atomic mass is 10.0. The van der Waals surface area contributed by atoms with E-state index >= 15 is 0 Å². The zero-order valence-electron chi connectivity index (χ0n) is 16.5. The smallest absolute Gasteiger partial charge is 0.227 e. The van der Waals surface area contributed by atoms with Crippen LogP contribution in [-0.4, -0.2) is 27.2 Å². The first-order chi connectivity index (χ1) is 13.6. The zero-order chi connectivity index (χ0) is 19.9. The SMILES string of the molecule is COc1ccc(CCC(=O)N(C)c2ccccc2-c2ccccc2)cc1OC. The summed E-state index contributed by atoms with van der Waals surface area (Å²) in [5, 5.41) is 0. The minimum atomic E-state index is 0.0677. The molecule has 0 unspecified atom stereocenters. The summed E-state index contributed by atoms with van der Waals surface area (Å²) < 4.78 is 10.6. The number of nitrogens with zero attached hydrogens (tertiary/aromatic N) is 1. The van der Waals surface area contributed by atoms with E-state index in [4.69, 9.17) is 9.47 Å². The lowest BCUT2D eigenvalue weighted by Crippen LogP contribution is -2.26. The number of methoxy groups -OCH3 is 2. The van der Waals surface area contributed by atoms with Crippen LogP contribution in [-0.2, 0) is 11.2 Å². The van der Waals surface area contributed by atoms with Crippen LogP contribution in [0.4, 0.5) is 5.69 Å². The Labute approximate surface area is 166 Å². The fourth-order valence-electron chi connectivity index (χ4n) is 3.22. The molecule has 3 aromatic rings. The summed E-state index contributed by atoms with van der Waals surface area (Å²) in [5.74, 6) is 1.43. The van der Waals surface area contributed by atoms with Crippen molar-refractivity contribution in [3.05, 3.63) is 78.4 Å². The van der Waals surface area contributed by atoms with E-state index in [-0.39, 0.29) is 5.91 Å². The predicted molar refractivity (Wildman–Crippen MR) is 113 cm³/mol. The van der Waals surface area contributed by atoms with Crippen molar-refractivity contribution in [2.24, 2.45) is 0 Å². The molecule has 0 aromatic heterocycles. The van der Waals surface area contributed by atoms with Gasteiger partial charge in [-0.05, 0) is 35.7 Å². The third kappa shape index (κ3) is 4.34. The molecule has 0 N–H and O–H groups in total. The Bertz CT molecular complexity index is 938. The van der Waals surface area contributed by atoms with Crippen molar-refractivity contribution in [1.82, 2.24) is 0 Å². The third-order valence-corrected chi connectivity index (χ3v) is 4.80. The zero-order valence-corrected chi connectivity index (χ0v) is 16.5. The van der Waals surface area contributed by atoms with Crippen LogP contribution in [0.25, 0.3) is 11.1 Å². The maximum atomic E-state index is 12.8. The van der Waals surface area contributed by atoms with Crippen molar-refractivity contribution >= 4 is 11.6 Å². The van der Waals surface area contributed by atoms with Gasteiger partial charge in [0, 0.05) is 19.0 Å². The van der Waals surface area contributed by atoms with Crippen molar-refractivity contribution in [3.63, 3.8) is 0 Å². The van der Waals surface area contributed by atoms with Gasteiger partial charge < -0.3 is 14.4 Å². The fourth-order valence-corrected chi connectivity index (χ4v) is 3.22. The number of ether oxygens (including phenoxy) is 2. The lowest BCUT2D eigenvalue weighted by molar-refractivity contribution is -0.118. The van der Waals surface area contributed by atoms with Gasteiger partial charge in [0.15, 0.2) is 11.5 Å². The predicted octanol–water partition coefficient (Wildman–Crippen LogP) is 4.97. The Morgan fingerprint density at radius 2 is 1.54 bits per heavy atom. The number of hydrogen-bond donors (Lipinski definition) is 0.